The third-order valence-electron chi connectivity index (χ3n) is 3.81. The van der Waals surface area contributed by atoms with Crippen LogP contribution in [0.25, 0.3) is 0 Å². The first kappa shape index (κ1) is 22.2. The molecule has 3 amide bonds. The molecule has 0 saturated carbocycles. The molecule has 0 bridgehead atoms. The SMILES string of the molecule is C=CCCC[C@H](NC(=O)[C@@H](NC(=O)OCc1ccccc1)[C@@H](C)O)C(N)=O. The van der Waals surface area contributed by atoms with Crippen molar-refractivity contribution in [1.82, 2.24) is 10.6 Å². The van der Waals surface area contributed by atoms with Gasteiger partial charge in [-0.05, 0) is 31.7 Å². The standard InChI is InChI=1S/C19H27N3O5/c1-3-4-6-11-15(17(20)24)21-18(25)16(13(2)23)22-19(26)27-12-14-9-7-5-8-10-14/h3,5,7-10,13,15-16,23H,1,4,6,11-12H2,2H3,(H2,20,24)(H,21,25)(H,22,26)/t13-,15+,16+/m1/s1. The van der Waals surface area contributed by atoms with Gasteiger partial charge in [0.1, 0.15) is 18.7 Å². The Bertz CT molecular complexity index is 633. The molecule has 0 aliphatic rings. The van der Waals surface area contributed by atoms with E-state index in [-0.39, 0.29) is 6.61 Å². The second kappa shape index (κ2) is 11.7. The van der Waals surface area contributed by atoms with Crippen molar-refractivity contribution >= 4 is 17.9 Å². The van der Waals surface area contributed by atoms with Crippen LogP contribution < -0.4 is 16.4 Å². The van der Waals surface area contributed by atoms with Crippen molar-refractivity contribution < 1.29 is 24.2 Å². The molecule has 3 atom stereocenters. The highest BCUT2D eigenvalue weighted by molar-refractivity contribution is 5.91. The number of amides is 3. The largest absolute Gasteiger partial charge is 0.445 e. The number of aliphatic hydroxyl groups excluding tert-OH is 1. The smallest absolute Gasteiger partial charge is 0.408 e. The van der Waals surface area contributed by atoms with Crippen LogP contribution in [0.2, 0.25) is 0 Å². The van der Waals surface area contributed by atoms with E-state index >= 15 is 0 Å². The van der Waals surface area contributed by atoms with Crippen molar-refractivity contribution in [3.8, 4) is 0 Å². The van der Waals surface area contributed by atoms with Crippen LogP contribution in [0.5, 0.6) is 0 Å². The van der Waals surface area contributed by atoms with Gasteiger partial charge in [-0.15, -0.1) is 6.58 Å². The second-order valence-corrected chi connectivity index (χ2v) is 6.11. The molecule has 1 rings (SSSR count). The van der Waals surface area contributed by atoms with Gasteiger partial charge in [0.2, 0.25) is 11.8 Å². The van der Waals surface area contributed by atoms with Crippen molar-refractivity contribution in [2.24, 2.45) is 5.73 Å². The van der Waals surface area contributed by atoms with Crippen LogP contribution in [0.4, 0.5) is 4.79 Å². The molecule has 27 heavy (non-hydrogen) atoms. The molecule has 0 saturated heterocycles. The third-order valence-corrected chi connectivity index (χ3v) is 3.81. The number of carbonyl (C=O) groups excluding carboxylic acids is 3. The molecule has 8 heteroatoms. The number of allylic oxidation sites excluding steroid dienone is 1. The fourth-order valence-corrected chi connectivity index (χ4v) is 2.31. The Hall–Kier alpha value is -2.87. The summed E-state index contributed by atoms with van der Waals surface area (Å²) in [6.45, 7) is 4.95. The molecule has 5 N–H and O–H groups in total. The van der Waals surface area contributed by atoms with Crippen LogP contribution in [-0.2, 0) is 20.9 Å². The van der Waals surface area contributed by atoms with E-state index in [9.17, 15) is 19.5 Å². The zero-order valence-corrected chi connectivity index (χ0v) is 15.4. The number of alkyl carbamates (subject to hydrolysis) is 1. The molecule has 0 aliphatic heterocycles. The lowest BCUT2D eigenvalue weighted by molar-refractivity contribution is -0.130. The van der Waals surface area contributed by atoms with Crippen molar-refractivity contribution in [2.45, 2.75) is 51.0 Å². The first-order chi connectivity index (χ1) is 12.8. The van der Waals surface area contributed by atoms with E-state index in [1.807, 2.05) is 6.07 Å². The predicted octanol–water partition coefficient (Wildman–Crippen LogP) is 0.989. The van der Waals surface area contributed by atoms with Crippen molar-refractivity contribution in [1.29, 1.82) is 0 Å². The van der Waals surface area contributed by atoms with E-state index in [4.69, 9.17) is 10.5 Å². The number of rotatable bonds is 11. The van der Waals surface area contributed by atoms with Crippen molar-refractivity contribution in [2.75, 3.05) is 0 Å². The molecule has 0 spiro atoms. The minimum absolute atomic E-state index is 0.0201. The number of hydrogen-bond acceptors (Lipinski definition) is 5. The number of benzene rings is 1. The summed E-state index contributed by atoms with van der Waals surface area (Å²) in [4.78, 5) is 35.8. The molecule has 0 aromatic heterocycles. The Kier molecular flexibility index (Phi) is 9.60. The Labute approximate surface area is 158 Å². The minimum atomic E-state index is -1.28. The molecule has 8 nitrogen and oxygen atoms in total. The zero-order valence-electron chi connectivity index (χ0n) is 15.4. The number of carbonyl (C=O) groups is 3. The number of ether oxygens (including phenoxy) is 1. The lowest BCUT2D eigenvalue weighted by Gasteiger charge is -2.23. The van der Waals surface area contributed by atoms with Crippen LogP contribution in [0, 0.1) is 0 Å². The number of hydrogen-bond donors (Lipinski definition) is 4. The monoisotopic (exact) mass is 377 g/mol. The molecule has 0 unspecified atom stereocenters. The normalized spacial score (nSPS) is 13.7. The number of aliphatic hydroxyl groups is 1. The van der Waals surface area contributed by atoms with Gasteiger partial charge in [0.05, 0.1) is 6.10 Å². The molecule has 0 fully saturated rings. The van der Waals surface area contributed by atoms with E-state index in [1.54, 1.807) is 30.3 Å². The van der Waals surface area contributed by atoms with Gasteiger partial charge < -0.3 is 26.2 Å². The minimum Gasteiger partial charge on any atom is -0.445 e. The van der Waals surface area contributed by atoms with Crippen LogP contribution in [0.1, 0.15) is 31.7 Å². The Morgan fingerprint density at radius 1 is 1.26 bits per heavy atom. The maximum atomic E-state index is 12.4. The van der Waals surface area contributed by atoms with Gasteiger partial charge in [0.25, 0.3) is 0 Å². The van der Waals surface area contributed by atoms with Crippen LogP contribution in [-0.4, -0.2) is 41.2 Å². The van der Waals surface area contributed by atoms with Gasteiger partial charge in [-0.3, -0.25) is 9.59 Å². The molecular formula is C19H27N3O5. The van der Waals surface area contributed by atoms with E-state index < -0.39 is 36.1 Å². The van der Waals surface area contributed by atoms with Gasteiger partial charge in [0.15, 0.2) is 0 Å². The summed E-state index contributed by atoms with van der Waals surface area (Å²) < 4.78 is 5.05. The van der Waals surface area contributed by atoms with Crippen LogP contribution in [0.15, 0.2) is 43.0 Å². The van der Waals surface area contributed by atoms with E-state index in [2.05, 4.69) is 17.2 Å². The molecule has 148 valence electrons. The van der Waals surface area contributed by atoms with Gasteiger partial charge in [0, 0.05) is 0 Å². The predicted molar refractivity (Wildman–Crippen MR) is 100 cm³/mol. The number of unbranched alkanes of at least 4 members (excludes halogenated alkanes) is 1. The third kappa shape index (κ3) is 8.37. The van der Waals surface area contributed by atoms with Crippen molar-refractivity contribution in [3.05, 3.63) is 48.6 Å². The summed E-state index contributed by atoms with van der Waals surface area (Å²) in [5.41, 5.74) is 6.08. The maximum absolute atomic E-state index is 12.4. The highest BCUT2D eigenvalue weighted by Crippen LogP contribution is 2.04. The molecule has 1 aromatic carbocycles. The summed E-state index contributed by atoms with van der Waals surface area (Å²) in [6, 6.07) is 6.83. The van der Waals surface area contributed by atoms with Crippen LogP contribution in [0.3, 0.4) is 0 Å². The molecule has 0 radical (unpaired) electrons. The zero-order chi connectivity index (χ0) is 20.2. The number of nitrogens with two attached hydrogens (primary N) is 1. The summed E-state index contributed by atoms with van der Waals surface area (Å²) in [6.07, 6.45) is 1.26. The Balaban J connectivity index is 2.61. The number of primary amides is 1. The molecule has 1 aromatic rings. The fraction of sp³-hybridized carbons (Fsp3) is 0.421. The molecular weight excluding hydrogens is 350 g/mol. The van der Waals surface area contributed by atoms with Gasteiger partial charge in [-0.1, -0.05) is 36.4 Å². The van der Waals surface area contributed by atoms with Crippen molar-refractivity contribution in [3.63, 3.8) is 0 Å². The first-order valence-electron chi connectivity index (χ1n) is 8.71. The maximum Gasteiger partial charge on any atom is 0.408 e. The summed E-state index contributed by atoms with van der Waals surface area (Å²) in [5.74, 6) is -1.41. The average Bonchev–Trinajstić information content (AvgIpc) is 2.64. The summed E-state index contributed by atoms with van der Waals surface area (Å²) >= 11 is 0. The van der Waals surface area contributed by atoms with Gasteiger partial charge in [-0.25, -0.2) is 4.79 Å². The fourth-order valence-electron chi connectivity index (χ4n) is 2.31. The Morgan fingerprint density at radius 2 is 1.93 bits per heavy atom. The Morgan fingerprint density at radius 3 is 2.48 bits per heavy atom. The highest BCUT2D eigenvalue weighted by atomic mass is 16.5. The summed E-state index contributed by atoms with van der Waals surface area (Å²) in [7, 11) is 0. The average molecular weight is 377 g/mol. The van der Waals surface area contributed by atoms with E-state index in [0.717, 1.165) is 5.56 Å². The second-order valence-electron chi connectivity index (χ2n) is 6.11. The quantitative estimate of drug-likeness (QED) is 0.337. The molecule has 0 heterocycles. The lowest BCUT2D eigenvalue weighted by Crippen LogP contribution is -2.56. The van der Waals surface area contributed by atoms with Crippen LogP contribution >= 0.6 is 0 Å². The summed E-state index contributed by atoms with van der Waals surface area (Å²) in [5, 5.41) is 14.6. The van der Waals surface area contributed by atoms with Gasteiger partial charge >= 0.3 is 6.09 Å². The van der Waals surface area contributed by atoms with Gasteiger partial charge in [-0.2, -0.15) is 0 Å². The molecule has 0 aliphatic carbocycles. The van der Waals surface area contributed by atoms with E-state index in [1.165, 1.54) is 6.92 Å². The highest BCUT2D eigenvalue weighted by Gasteiger charge is 2.29. The first-order valence-corrected chi connectivity index (χ1v) is 8.71. The topological polar surface area (TPSA) is 131 Å². The van der Waals surface area contributed by atoms with E-state index in [0.29, 0.717) is 19.3 Å². The number of nitrogens with one attached hydrogen (secondary N) is 2. The lowest BCUT2D eigenvalue weighted by atomic mass is 10.1.